The number of hydrogen-bond acceptors (Lipinski definition) is 3. The molecule has 1 aliphatic heterocycles. The maximum atomic E-state index is 13.6. The number of halogens is 1. The summed E-state index contributed by atoms with van der Waals surface area (Å²) in [5, 5.41) is 13.9. The average molecular weight is 400 g/mol. The number of hydrogen-bond donors (Lipinski definition) is 2. The molecule has 1 aromatic carbocycles. The summed E-state index contributed by atoms with van der Waals surface area (Å²) in [5.41, 5.74) is 3.53. The van der Waals surface area contributed by atoms with E-state index in [4.69, 9.17) is 11.6 Å². The Morgan fingerprint density at radius 2 is 1.79 bits per heavy atom. The third kappa shape index (κ3) is 3.02. The van der Waals surface area contributed by atoms with Crippen molar-refractivity contribution in [2.75, 3.05) is 0 Å². The van der Waals surface area contributed by atoms with E-state index in [-0.39, 0.29) is 17.6 Å². The van der Waals surface area contributed by atoms with Gasteiger partial charge >= 0.3 is 0 Å². The smallest absolute Gasteiger partial charge is 0.163 e. The molecule has 1 aromatic rings. The first kappa shape index (κ1) is 18.7. The second-order valence-electron chi connectivity index (χ2n) is 10.6. The van der Waals surface area contributed by atoms with Gasteiger partial charge in [0, 0.05) is 33.3 Å². The predicted octanol–water partition coefficient (Wildman–Crippen LogP) is 4.88. The van der Waals surface area contributed by atoms with Gasteiger partial charge in [0.05, 0.1) is 6.61 Å². The van der Waals surface area contributed by atoms with Crippen LogP contribution in [0.2, 0.25) is 5.02 Å². The molecule has 0 spiro atoms. The minimum Gasteiger partial charge on any atom is -0.392 e. The lowest BCUT2D eigenvalue weighted by atomic mass is 9.48. The number of nitrogens with one attached hydrogen (secondary N) is 1. The number of allylic oxidation sites excluding steroid dienone is 1. The fourth-order valence-electron chi connectivity index (χ4n) is 6.94. The van der Waals surface area contributed by atoms with E-state index in [2.05, 4.69) is 19.2 Å². The molecule has 3 nitrogen and oxygen atoms in total. The van der Waals surface area contributed by atoms with Crippen molar-refractivity contribution in [2.45, 2.75) is 70.9 Å². The molecule has 4 saturated carbocycles. The number of rotatable bonds is 3. The lowest BCUT2D eigenvalue weighted by Crippen LogP contribution is -2.50. The van der Waals surface area contributed by atoms with E-state index in [0.717, 1.165) is 65.8 Å². The maximum absolute atomic E-state index is 13.6. The number of fused-ring (bicyclic) bond motifs is 1. The fourth-order valence-corrected chi connectivity index (χ4v) is 7.19. The summed E-state index contributed by atoms with van der Waals surface area (Å²) in [6.45, 7) is 4.23. The number of carbonyl (C=O) groups is 1. The van der Waals surface area contributed by atoms with Gasteiger partial charge in [0.1, 0.15) is 0 Å². The van der Waals surface area contributed by atoms with Crippen molar-refractivity contribution in [2.24, 2.45) is 23.2 Å². The molecule has 4 aliphatic carbocycles. The lowest BCUT2D eigenvalue weighted by molar-refractivity contribution is -0.138. The third-order valence-electron chi connectivity index (χ3n) is 7.67. The van der Waals surface area contributed by atoms with Crippen molar-refractivity contribution >= 4 is 23.1 Å². The quantitative estimate of drug-likeness (QED) is 0.712. The first-order chi connectivity index (χ1) is 13.3. The highest BCUT2D eigenvalue weighted by Gasteiger charge is 2.54. The molecule has 150 valence electrons. The van der Waals surface area contributed by atoms with Crippen LogP contribution in [-0.2, 0) is 17.8 Å². The van der Waals surface area contributed by atoms with Gasteiger partial charge in [-0.25, -0.2) is 0 Å². The summed E-state index contributed by atoms with van der Waals surface area (Å²) in [6, 6.07) is 3.92. The molecule has 6 rings (SSSR count). The van der Waals surface area contributed by atoms with Gasteiger partial charge in [0.25, 0.3) is 0 Å². The molecule has 4 bridgehead atoms. The number of carbonyl (C=O) groups excluding carboxylic acids is 1. The Balaban J connectivity index is 1.54. The topological polar surface area (TPSA) is 49.3 Å². The normalized spacial score (nSPS) is 36.3. The Bertz CT molecular complexity index is 834. The monoisotopic (exact) mass is 399 g/mol. The second-order valence-corrected chi connectivity index (χ2v) is 11.0. The molecular formula is C24H30ClNO2. The van der Waals surface area contributed by atoms with Crippen molar-refractivity contribution in [3.8, 4) is 0 Å². The molecule has 0 amide bonds. The molecule has 4 heteroatoms. The molecular weight excluding hydrogens is 370 g/mol. The van der Waals surface area contributed by atoms with Gasteiger partial charge < -0.3 is 10.4 Å². The highest BCUT2D eigenvalue weighted by atomic mass is 35.5. The Labute approximate surface area is 172 Å². The highest BCUT2D eigenvalue weighted by Crippen LogP contribution is 2.60. The zero-order valence-electron chi connectivity index (χ0n) is 16.9. The van der Waals surface area contributed by atoms with E-state index in [9.17, 15) is 9.90 Å². The summed E-state index contributed by atoms with van der Waals surface area (Å²) in [5.74, 6) is 2.60. The lowest BCUT2D eigenvalue weighted by Gasteiger charge is -2.55. The van der Waals surface area contributed by atoms with Gasteiger partial charge in [0.15, 0.2) is 5.78 Å². The fraction of sp³-hybridized carbons (Fsp3) is 0.625. The largest absolute Gasteiger partial charge is 0.392 e. The molecule has 0 radical (unpaired) electrons. The Kier molecular flexibility index (Phi) is 4.23. The van der Waals surface area contributed by atoms with Crippen molar-refractivity contribution in [3.05, 3.63) is 39.9 Å². The standard InChI is InChI=1S/C24H30ClNO2/c1-23(2)12-17-7-20(25)18(13-27)6-19(17)21(26-23)8-22(28)24-9-14-3-15(10-24)5-16(4-14)11-24/h6-8,14-16,26-27H,3-5,9-13H2,1-2H3/b21-8-. The molecule has 1 heterocycles. The van der Waals surface area contributed by atoms with Crippen LogP contribution in [0, 0.1) is 23.2 Å². The third-order valence-corrected chi connectivity index (χ3v) is 8.03. The molecule has 0 saturated heterocycles. The summed E-state index contributed by atoms with van der Waals surface area (Å²) < 4.78 is 0. The van der Waals surface area contributed by atoms with E-state index in [1.807, 2.05) is 18.2 Å². The van der Waals surface area contributed by atoms with Gasteiger partial charge in [-0.15, -0.1) is 0 Å². The SMILES string of the molecule is CC1(C)Cc2cc(Cl)c(CO)cc2/C(=C/C(=O)C23CC4CC(CC(C4)C2)C3)N1. The van der Waals surface area contributed by atoms with Crippen LogP contribution in [0.15, 0.2) is 18.2 Å². The minimum atomic E-state index is -0.134. The number of aliphatic hydroxyl groups excluding tert-OH is 1. The van der Waals surface area contributed by atoms with Crippen LogP contribution in [0.5, 0.6) is 0 Å². The van der Waals surface area contributed by atoms with Crippen LogP contribution < -0.4 is 5.32 Å². The number of benzene rings is 1. The summed E-state index contributed by atoms with van der Waals surface area (Å²) in [6.07, 6.45) is 10.0. The Hall–Kier alpha value is -1.32. The van der Waals surface area contributed by atoms with Crippen molar-refractivity contribution in [1.29, 1.82) is 0 Å². The minimum absolute atomic E-state index is 0.0916. The first-order valence-electron chi connectivity index (χ1n) is 10.7. The molecule has 0 unspecified atom stereocenters. The van der Waals surface area contributed by atoms with Crippen LogP contribution in [0.3, 0.4) is 0 Å². The van der Waals surface area contributed by atoms with E-state index < -0.39 is 0 Å². The van der Waals surface area contributed by atoms with Crippen molar-refractivity contribution in [1.82, 2.24) is 5.32 Å². The molecule has 2 N–H and O–H groups in total. The summed E-state index contributed by atoms with van der Waals surface area (Å²) >= 11 is 6.35. The molecule has 0 aromatic heterocycles. The van der Waals surface area contributed by atoms with Crippen molar-refractivity contribution in [3.63, 3.8) is 0 Å². The van der Waals surface area contributed by atoms with Crippen LogP contribution >= 0.6 is 11.6 Å². The number of ketones is 1. The highest BCUT2D eigenvalue weighted by molar-refractivity contribution is 6.31. The van der Waals surface area contributed by atoms with Crippen LogP contribution in [0.1, 0.15) is 69.1 Å². The molecule has 28 heavy (non-hydrogen) atoms. The van der Waals surface area contributed by atoms with Gasteiger partial charge in [-0.1, -0.05) is 11.6 Å². The maximum Gasteiger partial charge on any atom is 0.163 e. The Morgan fingerprint density at radius 3 is 2.36 bits per heavy atom. The van der Waals surface area contributed by atoms with Crippen LogP contribution in [-0.4, -0.2) is 16.4 Å². The van der Waals surface area contributed by atoms with E-state index in [0.29, 0.717) is 10.8 Å². The number of aliphatic hydroxyl groups is 1. The second kappa shape index (κ2) is 6.34. The molecule has 4 fully saturated rings. The Morgan fingerprint density at radius 1 is 1.18 bits per heavy atom. The average Bonchev–Trinajstić information content (AvgIpc) is 2.59. The van der Waals surface area contributed by atoms with Crippen LogP contribution in [0.4, 0.5) is 0 Å². The van der Waals surface area contributed by atoms with E-state index in [1.54, 1.807) is 0 Å². The zero-order chi connectivity index (χ0) is 19.7. The predicted molar refractivity (Wildman–Crippen MR) is 112 cm³/mol. The van der Waals surface area contributed by atoms with Crippen molar-refractivity contribution < 1.29 is 9.90 Å². The van der Waals surface area contributed by atoms with Gasteiger partial charge in [0.2, 0.25) is 0 Å². The zero-order valence-corrected chi connectivity index (χ0v) is 17.6. The van der Waals surface area contributed by atoms with Crippen LogP contribution in [0.25, 0.3) is 5.70 Å². The van der Waals surface area contributed by atoms with Gasteiger partial charge in [-0.3, -0.25) is 4.79 Å². The van der Waals surface area contributed by atoms with Gasteiger partial charge in [-0.2, -0.15) is 0 Å². The van der Waals surface area contributed by atoms with Gasteiger partial charge in [-0.05, 0) is 99.8 Å². The van der Waals surface area contributed by atoms with E-state index >= 15 is 0 Å². The summed E-state index contributed by atoms with van der Waals surface area (Å²) in [4.78, 5) is 13.6. The van der Waals surface area contributed by atoms with E-state index in [1.165, 1.54) is 19.3 Å². The molecule has 5 aliphatic rings. The summed E-state index contributed by atoms with van der Waals surface area (Å²) in [7, 11) is 0. The first-order valence-corrected chi connectivity index (χ1v) is 11.1. The molecule has 0 atom stereocenters.